The first-order chi connectivity index (χ1) is 11.7. The van der Waals surface area contributed by atoms with Gasteiger partial charge in [0, 0.05) is 39.5 Å². The van der Waals surface area contributed by atoms with Crippen LogP contribution in [0.5, 0.6) is 0 Å². The third kappa shape index (κ3) is 6.00. The number of ether oxygens (including phenoxy) is 1. The number of piperidine rings is 1. The van der Waals surface area contributed by atoms with E-state index in [9.17, 15) is 0 Å². The monoisotopic (exact) mass is 333 g/mol. The van der Waals surface area contributed by atoms with Crippen LogP contribution in [0.1, 0.15) is 32.3 Å². The highest BCUT2D eigenvalue weighted by Gasteiger charge is 2.16. The minimum absolute atomic E-state index is 0.618. The zero-order valence-corrected chi connectivity index (χ0v) is 15.2. The molecule has 1 saturated heterocycles. The predicted octanol–water partition coefficient (Wildman–Crippen LogP) is 2.02. The van der Waals surface area contributed by atoms with Crippen molar-refractivity contribution in [3.8, 4) is 0 Å². The number of methoxy groups -OCH3 is 1. The zero-order valence-electron chi connectivity index (χ0n) is 15.2. The first-order valence-corrected chi connectivity index (χ1v) is 8.94. The van der Waals surface area contributed by atoms with Gasteiger partial charge in [0.05, 0.1) is 13.2 Å². The van der Waals surface area contributed by atoms with Gasteiger partial charge in [-0.3, -0.25) is 0 Å². The van der Waals surface area contributed by atoms with Crippen LogP contribution in [0.15, 0.2) is 23.3 Å². The van der Waals surface area contributed by atoms with Gasteiger partial charge in [-0.1, -0.05) is 13.0 Å². The van der Waals surface area contributed by atoms with Crippen LogP contribution in [0.2, 0.25) is 0 Å². The average Bonchev–Trinajstić information content (AvgIpc) is 2.61. The Kier molecular flexibility index (Phi) is 7.82. The van der Waals surface area contributed by atoms with E-state index in [1.807, 2.05) is 6.20 Å². The molecule has 2 heterocycles. The molecule has 0 radical (unpaired) electrons. The van der Waals surface area contributed by atoms with Gasteiger partial charge in [0.15, 0.2) is 5.96 Å². The zero-order chi connectivity index (χ0) is 17.2. The Bertz CT molecular complexity index is 495. The molecule has 1 aliphatic heterocycles. The SMILES string of the molecule is CCNC(=NCc1ccc(N2CCC(C)CC2)nc1)NCCOC. The summed E-state index contributed by atoms with van der Waals surface area (Å²) >= 11 is 0. The van der Waals surface area contributed by atoms with Crippen molar-refractivity contribution in [3.05, 3.63) is 23.9 Å². The van der Waals surface area contributed by atoms with Crippen LogP contribution in [0.25, 0.3) is 0 Å². The summed E-state index contributed by atoms with van der Waals surface area (Å²) in [6.07, 6.45) is 4.45. The highest BCUT2D eigenvalue weighted by molar-refractivity contribution is 5.79. The Balaban J connectivity index is 1.88. The number of nitrogens with zero attached hydrogens (tertiary/aromatic N) is 3. The summed E-state index contributed by atoms with van der Waals surface area (Å²) in [4.78, 5) is 11.6. The van der Waals surface area contributed by atoms with Crippen molar-refractivity contribution >= 4 is 11.8 Å². The van der Waals surface area contributed by atoms with Crippen LogP contribution in [0, 0.1) is 5.92 Å². The quantitative estimate of drug-likeness (QED) is 0.454. The molecule has 6 nitrogen and oxygen atoms in total. The summed E-state index contributed by atoms with van der Waals surface area (Å²) < 4.78 is 5.05. The van der Waals surface area contributed by atoms with Crippen molar-refractivity contribution in [3.63, 3.8) is 0 Å². The number of guanidine groups is 1. The van der Waals surface area contributed by atoms with Gasteiger partial charge in [-0.05, 0) is 37.3 Å². The topological polar surface area (TPSA) is 61.8 Å². The molecule has 0 aliphatic carbocycles. The van der Waals surface area contributed by atoms with Gasteiger partial charge in [-0.25, -0.2) is 9.98 Å². The molecule has 0 saturated carbocycles. The maximum atomic E-state index is 5.05. The summed E-state index contributed by atoms with van der Waals surface area (Å²) in [5.74, 6) is 2.73. The van der Waals surface area contributed by atoms with Crippen molar-refractivity contribution in [1.29, 1.82) is 0 Å². The smallest absolute Gasteiger partial charge is 0.191 e. The molecule has 2 rings (SSSR count). The van der Waals surface area contributed by atoms with E-state index in [-0.39, 0.29) is 0 Å². The molecule has 1 aromatic heterocycles. The van der Waals surface area contributed by atoms with Crippen LogP contribution in [0.4, 0.5) is 5.82 Å². The second-order valence-corrected chi connectivity index (χ2v) is 6.31. The molecule has 0 aromatic carbocycles. The van der Waals surface area contributed by atoms with E-state index in [1.54, 1.807) is 7.11 Å². The van der Waals surface area contributed by atoms with E-state index >= 15 is 0 Å². The number of aromatic nitrogens is 1. The van der Waals surface area contributed by atoms with Crippen molar-refractivity contribution < 1.29 is 4.74 Å². The molecule has 0 unspecified atom stereocenters. The molecule has 1 aromatic rings. The highest BCUT2D eigenvalue weighted by atomic mass is 16.5. The molecule has 2 N–H and O–H groups in total. The van der Waals surface area contributed by atoms with E-state index < -0.39 is 0 Å². The fraction of sp³-hybridized carbons (Fsp3) is 0.667. The average molecular weight is 333 g/mol. The standard InChI is InChI=1S/C18H31N5O/c1-4-19-18(20-9-12-24-3)22-14-16-5-6-17(21-13-16)23-10-7-15(2)8-11-23/h5-6,13,15H,4,7-12,14H2,1-3H3,(H2,19,20,22). The van der Waals surface area contributed by atoms with Crippen molar-refractivity contribution in [2.24, 2.45) is 10.9 Å². The lowest BCUT2D eigenvalue weighted by atomic mass is 9.99. The molecule has 1 aliphatic rings. The van der Waals surface area contributed by atoms with Crippen molar-refractivity contribution in [1.82, 2.24) is 15.6 Å². The summed E-state index contributed by atoms with van der Waals surface area (Å²) in [5.41, 5.74) is 1.12. The van der Waals surface area contributed by atoms with Crippen LogP contribution in [0.3, 0.4) is 0 Å². The summed E-state index contributed by atoms with van der Waals surface area (Å²) in [6.45, 7) is 9.47. The molecule has 6 heteroatoms. The normalized spacial score (nSPS) is 16.3. The lowest BCUT2D eigenvalue weighted by Crippen LogP contribution is -2.38. The third-order valence-corrected chi connectivity index (χ3v) is 4.28. The van der Waals surface area contributed by atoms with E-state index in [2.05, 4.69) is 51.5 Å². The van der Waals surface area contributed by atoms with Gasteiger partial charge in [0.2, 0.25) is 0 Å². The van der Waals surface area contributed by atoms with Gasteiger partial charge >= 0.3 is 0 Å². The maximum absolute atomic E-state index is 5.05. The third-order valence-electron chi connectivity index (χ3n) is 4.28. The van der Waals surface area contributed by atoms with Gasteiger partial charge in [0.1, 0.15) is 5.82 Å². The second kappa shape index (κ2) is 10.1. The van der Waals surface area contributed by atoms with Crippen LogP contribution in [-0.4, -0.2) is 50.8 Å². The van der Waals surface area contributed by atoms with Gasteiger partial charge < -0.3 is 20.3 Å². The van der Waals surface area contributed by atoms with E-state index in [0.717, 1.165) is 49.4 Å². The van der Waals surface area contributed by atoms with Gasteiger partial charge in [-0.2, -0.15) is 0 Å². The van der Waals surface area contributed by atoms with E-state index in [0.29, 0.717) is 13.2 Å². The van der Waals surface area contributed by atoms with Crippen LogP contribution in [-0.2, 0) is 11.3 Å². The Morgan fingerprint density at radius 2 is 2.12 bits per heavy atom. The van der Waals surface area contributed by atoms with Gasteiger partial charge in [-0.15, -0.1) is 0 Å². The fourth-order valence-electron chi connectivity index (χ4n) is 2.72. The van der Waals surface area contributed by atoms with E-state index in [4.69, 9.17) is 4.74 Å². The predicted molar refractivity (Wildman–Crippen MR) is 99.5 cm³/mol. The minimum Gasteiger partial charge on any atom is -0.383 e. The second-order valence-electron chi connectivity index (χ2n) is 6.31. The molecular formula is C18H31N5O. The summed E-state index contributed by atoms with van der Waals surface area (Å²) in [7, 11) is 1.70. The Morgan fingerprint density at radius 3 is 2.75 bits per heavy atom. The van der Waals surface area contributed by atoms with Crippen molar-refractivity contribution in [2.75, 3.05) is 44.8 Å². The maximum Gasteiger partial charge on any atom is 0.191 e. The molecule has 0 atom stereocenters. The Morgan fingerprint density at radius 1 is 1.33 bits per heavy atom. The Labute approximate surface area is 145 Å². The van der Waals surface area contributed by atoms with Crippen molar-refractivity contribution in [2.45, 2.75) is 33.2 Å². The number of hydrogen-bond acceptors (Lipinski definition) is 4. The number of hydrogen-bond donors (Lipinski definition) is 2. The lowest BCUT2D eigenvalue weighted by Gasteiger charge is -2.31. The molecule has 0 spiro atoms. The molecular weight excluding hydrogens is 302 g/mol. The molecule has 134 valence electrons. The molecule has 0 bridgehead atoms. The molecule has 0 amide bonds. The minimum atomic E-state index is 0.618. The molecule has 1 fully saturated rings. The largest absolute Gasteiger partial charge is 0.383 e. The number of nitrogens with one attached hydrogen (secondary N) is 2. The number of rotatable bonds is 7. The molecule has 24 heavy (non-hydrogen) atoms. The number of aliphatic imine (C=N–C) groups is 1. The first kappa shape index (κ1) is 18.5. The van der Waals surface area contributed by atoms with Crippen LogP contribution >= 0.6 is 0 Å². The van der Waals surface area contributed by atoms with E-state index in [1.165, 1.54) is 12.8 Å². The highest BCUT2D eigenvalue weighted by Crippen LogP contribution is 2.21. The number of anilines is 1. The lowest BCUT2D eigenvalue weighted by molar-refractivity contribution is 0.203. The van der Waals surface area contributed by atoms with Gasteiger partial charge in [0.25, 0.3) is 0 Å². The Hall–Kier alpha value is -1.82. The first-order valence-electron chi connectivity index (χ1n) is 8.94. The fourth-order valence-corrected chi connectivity index (χ4v) is 2.72. The summed E-state index contributed by atoms with van der Waals surface area (Å²) in [6, 6.07) is 4.24. The van der Waals surface area contributed by atoms with Crippen LogP contribution < -0.4 is 15.5 Å². The summed E-state index contributed by atoms with van der Waals surface area (Å²) in [5, 5.41) is 6.48. The number of pyridine rings is 1.